The molecule has 0 saturated carbocycles. The number of nitrogens with one attached hydrogen (secondary N) is 1. The molecule has 106 valence electrons. The molecule has 0 aliphatic heterocycles. The second-order valence-corrected chi connectivity index (χ2v) is 6.05. The van der Waals surface area contributed by atoms with E-state index in [9.17, 15) is 13.2 Å². The number of hydrogen-bond donors (Lipinski definition) is 1. The van der Waals surface area contributed by atoms with Gasteiger partial charge in [-0.1, -0.05) is 25.1 Å². The maximum Gasteiger partial charge on any atom is 0.261 e. The van der Waals surface area contributed by atoms with E-state index in [1.54, 1.807) is 18.2 Å². The minimum absolute atomic E-state index is 0.144. The molecule has 5 nitrogen and oxygen atoms in total. The van der Waals surface area contributed by atoms with Crippen LogP contribution in [0.4, 0.5) is 5.69 Å². The average molecular weight is 292 g/mol. The molecule has 1 N–H and O–H groups in total. The Morgan fingerprint density at radius 3 is 2.45 bits per heavy atom. The van der Waals surface area contributed by atoms with E-state index in [2.05, 4.69) is 4.72 Å². The van der Waals surface area contributed by atoms with Gasteiger partial charge in [-0.3, -0.25) is 9.52 Å². The van der Waals surface area contributed by atoms with Crippen molar-refractivity contribution in [2.24, 2.45) is 0 Å². The Labute approximate surface area is 117 Å². The van der Waals surface area contributed by atoms with Crippen LogP contribution in [0.2, 0.25) is 0 Å². The number of anilines is 1. The van der Waals surface area contributed by atoms with Crippen molar-refractivity contribution in [1.82, 2.24) is 4.57 Å². The van der Waals surface area contributed by atoms with E-state index in [1.165, 1.54) is 35.0 Å². The van der Waals surface area contributed by atoms with Gasteiger partial charge in [0, 0.05) is 18.8 Å². The zero-order chi connectivity index (χ0) is 14.6. The van der Waals surface area contributed by atoms with Gasteiger partial charge in [0.1, 0.15) is 0 Å². The van der Waals surface area contributed by atoms with Crippen LogP contribution in [-0.2, 0) is 16.6 Å². The largest absolute Gasteiger partial charge is 0.313 e. The van der Waals surface area contributed by atoms with E-state index in [4.69, 9.17) is 0 Å². The van der Waals surface area contributed by atoms with E-state index in [-0.39, 0.29) is 10.5 Å². The zero-order valence-electron chi connectivity index (χ0n) is 11.1. The third kappa shape index (κ3) is 3.27. The summed E-state index contributed by atoms with van der Waals surface area (Å²) in [4.78, 5) is 11.8. The van der Waals surface area contributed by atoms with E-state index in [1.807, 2.05) is 6.92 Å². The lowest BCUT2D eigenvalue weighted by atomic mass is 10.4. The monoisotopic (exact) mass is 292 g/mol. The van der Waals surface area contributed by atoms with Crippen LogP contribution >= 0.6 is 0 Å². The summed E-state index contributed by atoms with van der Waals surface area (Å²) in [6.07, 6.45) is 2.32. The summed E-state index contributed by atoms with van der Waals surface area (Å²) in [5, 5.41) is 0. The number of nitrogens with zero attached hydrogens (tertiary/aromatic N) is 1. The Balaban J connectivity index is 2.30. The Kier molecular flexibility index (Phi) is 4.24. The highest BCUT2D eigenvalue weighted by molar-refractivity contribution is 7.92. The molecule has 1 aromatic carbocycles. The molecule has 0 bridgehead atoms. The maximum atomic E-state index is 12.2. The van der Waals surface area contributed by atoms with E-state index >= 15 is 0 Å². The summed E-state index contributed by atoms with van der Waals surface area (Å²) in [7, 11) is -3.62. The molecule has 0 spiro atoms. The lowest BCUT2D eigenvalue weighted by molar-refractivity contribution is 0.601. The summed E-state index contributed by atoms with van der Waals surface area (Å²) >= 11 is 0. The predicted molar refractivity (Wildman–Crippen MR) is 78.2 cm³/mol. The van der Waals surface area contributed by atoms with Gasteiger partial charge in [-0.2, -0.15) is 0 Å². The summed E-state index contributed by atoms with van der Waals surface area (Å²) in [5.41, 5.74) is 0.233. The van der Waals surface area contributed by atoms with Gasteiger partial charge >= 0.3 is 0 Å². The third-order valence-corrected chi connectivity index (χ3v) is 4.15. The van der Waals surface area contributed by atoms with Gasteiger partial charge in [0.2, 0.25) is 0 Å². The van der Waals surface area contributed by atoms with Crippen LogP contribution < -0.4 is 10.3 Å². The molecule has 0 unspecified atom stereocenters. The molecular weight excluding hydrogens is 276 g/mol. The molecule has 0 amide bonds. The number of aryl methyl sites for hydroxylation is 1. The normalized spacial score (nSPS) is 11.2. The topological polar surface area (TPSA) is 68.2 Å². The van der Waals surface area contributed by atoms with Gasteiger partial charge in [-0.25, -0.2) is 8.42 Å². The lowest BCUT2D eigenvalue weighted by Crippen LogP contribution is -2.20. The van der Waals surface area contributed by atoms with Gasteiger partial charge in [-0.05, 0) is 24.6 Å². The van der Waals surface area contributed by atoms with Crippen molar-refractivity contribution < 1.29 is 8.42 Å². The molecule has 0 atom stereocenters. The van der Waals surface area contributed by atoms with Crippen LogP contribution in [0.3, 0.4) is 0 Å². The molecule has 2 aromatic rings. The quantitative estimate of drug-likeness (QED) is 0.917. The highest BCUT2D eigenvalue weighted by atomic mass is 32.2. The molecule has 0 radical (unpaired) electrons. The highest BCUT2D eigenvalue weighted by Crippen LogP contribution is 2.14. The second kappa shape index (κ2) is 5.92. The molecule has 0 aliphatic carbocycles. The molecule has 2 rings (SSSR count). The number of benzene rings is 1. The summed E-state index contributed by atoms with van der Waals surface area (Å²) in [5.74, 6) is 0. The van der Waals surface area contributed by atoms with Gasteiger partial charge < -0.3 is 4.57 Å². The first-order chi connectivity index (χ1) is 9.53. The van der Waals surface area contributed by atoms with Crippen molar-refractivity contribution in [3.63, 3.8) is 0 Å². The fourth-order valence-corrected chi connectivity index (χ4v) is 2.89. The van der Waals surface area contributed by atoms with E-state index in [0.717, 1.165) is 6.42 Å². The van der Waals surface area contributed by atoms with Crippen LogP contribution in [0.15, 0.2) is 58.4 Å². The van der Waals surface area contributed by atoms with E-state index < -0.39 is 10.0 Å². The van der Waals surface area contributed by atoms with Crippen molar-refractivity contribution in [2.75, 3.05) is 4.72 Å². The SMILES string of the molecule is CCCn1cc(NS(=O)(=O)c2ccccc2)ccc1=O. The van der Waals surface area contributed by atoms with Gasteiger partial charge in [0.05, 0.1) is 10.6 Å². The van der Waals surface area contributed by atoms with Crippen LogP contribution in [0.25, 0.3) is 0 Å². The van der Waals surface area contributed by atoms with Gasteiger partial charge in [-0.15, -0.1) is 0 Å². The average Bonchev–Trinajstić information content (AvgIpc) is 2.43. The van der Waals surface area contributed by atoms with Crippen LogP contribution in [0, 0.1) is 0 Å². The molecule has 0 aliphatic rings. The molecular formula is C14H16N2O3S. The lowest BCUT2D eigenvalue weighted by Gasteiger charge is -2.10. The van der Waals surface area contributed by atoms with E-state index in [0.29, 0.717) is 12.2 Å². The predicted octanol–water partition coefficient (Wildman–Crippen LogP) is 2.06. The first kappa shape index (κ1) is 14.3. The van der Waals surface area contributed by atoms with Crippen LogP contribution in [0.5, 0.6) is 0 Å². The molecule has 1 heterocycles. The molecule has 6 heteroatoms. The van der Waals surface area contributed by atoms with Crippen molar-refractivity contribution in [2.45, 2.75) is 24.8 Å². The number of pyridine rings is 1. The van der Waals surface area contributed by atoms with Crippen molar-refractivity contribution in [1.29, 1.82) is 0 Å². The number of aromatic nitrogens is 1. The zero-order valence-corrected chi connectivity index (χ0v) is 11.9. The molecule has 1 aromatic heterocycles. The minimum Gasteiger partial charge on any atom is -0.313 e. The third-order valence-electron chi connectivity index (χ3n) is 2.75. The smallest absolute Gasteiger partial charge is 0.261 e. The van der Waals surface area contributed by atoms with Crippen LogP contribution in [-0.4, -0.2) is 13.0 Å². The number of rotatable bonds is 5. The maximum absolute atomic E-state index is 12.2. The molecule has 0 fully saturated rings. The fraction of sp³-hybridized carbons (Fsp3) is 0.214. The summed E-state index contributed by atoms with van der Waals surface area (Å²) in [6.45, 7) is 2.51. The van der Waals surface area contributed by atoms with Gasteiger partial charge in [0.25, 0.3) is 15.6 Å². The first-order valence-corrected chi connectivity index (χ1v) is 7.79. The van der Waals surface area contributed by atoms with Crippen molar-refractivity contribution in [3.8, 4) is 0 Å². The van der Waals surface area contributed by atoms with Crippen LogP contribution in [0.1, 0.15) is 13.3 Å². The second-order valence-electron chi connectivity index (χ2n) is 4.37. The molecule has 20 heavy (non-hydrogen) atoms. The van der Waals surface area contributed by atoms with Crippen molar-refractivity contribution in [3.05, 3.63) is 59.0 Å². The Hall–Kier alpha value is -2.08. The Bertz CT molecular complexity index is 737. The molecule has 0 saturated heterocycles. The van der Waals surface area contributed by atoms with Crippen molar-refractivity contribution >= 4 is 15.7 Å². The summed E-state index contributed by atoms with van der Waals surface area (Å²) < 4.78 is 28.3. The summed E-state index contributed by atoms with van der Waals surface area (Å²) in [6, 6.07) is 10.9. The standard InChI is InChI=1S/C14H16N2O3S/c1-2-10-16-11-12(8-9-14(16)17)15-20(18,19)13-6-4-3-5-7-13/h3-9,11,15H,2,10H2,1H3. The number of hydrogen-bond acceptors (Lipinski definition) is 3. The first-order valence-electron chi connectivity index (χ1n) is 6.31. The highest BCUT2D eigenvalue weighted by Gasteiger charge is 2.13. The van der Waals surface area contributed by atoms with Gasteiger partial charge in [0.15, 0.2) is 0 Å². The minimum atomic E-state index is -3.62. The Morgan fingerprint density at radius 1 is 1.10 bits per heavy atom. The Morgan fingerprint density at radius 2 is 1.80 bits per heavy atom. The number of sulfonamides is 1. The fourth-order valence-electron chi connectivity index (χ4n) is 1.82.